The van der Waals surface area contributed by atoms with Gasteiger partial charge in [-0.25, -0.2) is 4.68 Å². The van der Waals surface area contributed by atoms with E-state index in [0.717, 1.165) is 66.1 Å². The molecule has 41 heavy (non-hydrogen) atoms. The zero-order valence-electron chi connectivity index (χ0n) is 23.7. The first-order valence-electron chi connectivity index (χ1n) is 14.0. The van der Waals surface area contributed by atoms with Crippen LogP contribution in [0.2, 0.25) is 0 Å². The van der Waals surface area contributed by atoms with E-state index in [2.05, 4.69) is 67.6 Å². The Balaban J connectivity index is 1.36. The van der Waals surface area contributed by atoms with Gasteiger partial charge in [0.2, 0.25) is 0 Å². The molecule has 2 aromatic heterocycles. The van der Waals surface area contributed by atoms with Crippen molar-refractivity contribution in [3.05, 3.63) is 117 Å². The molecule has 9 nitrogen and oxygen atoms in total. The van der Waals surface area contributed by atoms with Crippen LogP contribution in [-0.4, -0.2) is 68.3 Å². The summed E-state index contributed by atoms with van der Waals surface area (Å²) in [5, 5.41) is 14.0. The Morgan fingerprint density at radius 1 is 0.878 bits per heavy atom. The first kappa shape index (κ1) is 26.9. The number of aryl methyl sites for hydroxylation is 2. The molecule has 1 aliphatic rings. The normalized spacial score (nSPS) is 15.3. The number of aromatic amines is 1. The van der Waals surface area contributed by atoms with Crippen molar-refractivity contribution in [2.75, 3.05) is 33.3 Å². The molecule has 0 bridgehead atoms. The Bertz CT molecular complexity index is 1690. The predicted octanol–water partition coefficient (Wildman–Crippen LogP) is 4.10. The van der Waals surface area contributed by atoms with E-state index in [-0.39, 0.29) is 5.56 Å². The average Bonchev–Trinajstić information content (AvgIpc) is 3.45. The van der Waals surface area contributed by atoms with Gasteiger partial charge in [0.25, 0.3) is 5.56 Å². The summed E-state index contributed by atoms with van der Waals surface area (Å²) in [6.07, 6.45) is 0. The summed E-state index contributed by atoms with van der Waals surface area (Å²) >= 11 is 0. The van der Waals surface area contributed by atoms with Gasteiger partial charge in [-0.15, -0.1) is 5.10 Å². The van der Waals surface area contributed by atoms with Crippen LogP contribution in [-0.2, 0) is 13.1 Å². The molecule has 210 valence electrons. The number of fused-ring (bicyclic) bond motifs is 1. The number of methoxy groups -OCH3 is 1. The Hall–Kier alpha value is -4.34. The van der Waals surface area contributed by atoms with Crippen molar-refractivity contribution < 1.29 is 4.74 Å². The lowest BCUT2D eigenvalue weighted by molar-refractivity contribution is 0.0998. The van der Waals surface area contributed by atoms with E-state index in [1.54, 1.807) is 7.11 Å². The van der Waals surface area contributed by atoms with Gasteiger partial charge >= 0.3 is 0 Å². The van der Waals surface area contributed by atoms with Crippen molar-refractivity contribution in [1.82, 2.24) is 35.0 Å². The number of rotatable bonds is 8. The molecule has 0 saturated carbocycles. The monoisotopic (exact) mass is 549 g/mol. The van der Waals surface area contributed by atoms with E-state index in [9.17, 15) is 4.79 Å². The second-order valence-corrected chi connectivity index (χ2v) is 10.8. The molecule has 1 aliphatic heterocycles. The molecule has 9 heteroatoms. The van der Waals surface area contributed by atoms with Crippen LogP contribution in [0.15, 0.2) is 77.6 Å². The van der Waals surface area contributed by atoms with Gasteiger partial charge in [-0.05, 0) is 64.7 Å². The summed E-state index contributed by atoms with van der Waals surface area (Å²) in [6.45, 7) is 8.84. The summed E-state index contributed by atoms with van der Waals surface area (Å²) in [6, 6.07) is 24.2. The zero-order valence-corrected chi connectivity index (χ0v) is 23.7. The van der Waals surface area contributed by atoms with Crippen LogP contribution in [0.25, 0.3) is 10.9 Å². The number of tetrazole rings is 1. The topological polar surface area (TPSA) is 92.2 Å². The molecule has 6 rings (SSSR count). The van der Waals surface area contributed by atoms with Gasteiger partial charge in [-0.1, -0.05) is 54.6 Å². The number of hydrogen-bond donors (Lipinski definition) is 1. The fourth-order valence-electron chi connectivity index (χ4n) is 5.74. The van der Waals surface area contributed by atoms with Crippen LogP contribution in [0.1, 0.15) is 39.7 Å². The fraction of sp³-hybridized carbons (Fsp3) is 0.312. The van der Waals surface area contributed by atoms with Gasteiger partial charge in [0.05, 0.1) is 19.2 Å². The highest BCUT2D eigenvalue weighted by atomic mass is 16.5. The number of benzene rings is 3. The maximum absolute atomic E-state index is 13.7. The molecule has 1 fully saturated rings. The average molecular weight is 550 g/mol. The number of H-pyrrole nitrogens is 1. The Morgan fingerprint density at radius 3 is 2.32 bits per heavy atom. The van der Waals surface area contributed by atoms with E-state index in [0.29, 0.717) is 17.9 Å². The standard InChI is InChI=1S/C32H35N7O2/c1-22-9-10-23(2)29-27(22)19-28(32(40)33-29)30(38-17-15-37(16-18-38)20-24-7-5-4-6-8-24)31-34-35-36-39(31)21-25-11-13-26(41-3)14-12-25/h4-14,19,30H,15-18,20-21H2,1-3H3,(H,33,40)/t30-/m0/s1. The highest BCUT2D eigenvalue weighted by Crippen LogP contribution is 2.30. The minimum absolute atomic E-state index is 0.109. The molecule has 3 heterocycles. The number of nitrogens with one attached hydrogen (secondary N) is 1. The predicted molar refractivity (Wildman–Crippen MR) is 159 cm³/mol. The summed E-state index contributed by atoms with van der Waals surface area (Å²) in [5.41, 5.74) is 5.94. The number of aromatic nitrogens is 5. The third-order valence-electron chi connectivity index (χ3n) is 8.08. The first-order chi connectivity index (χ1) is 20.0. The van der Waals surface area contributed by atoms with Crippen molar-refractivity contribution in [2.45, 2.75) is 33.0 Å². The van der Waals surface area contributed by atoms with Crippen molar-refractivity contribution in [1.29, 1.82) is 0 Å². The van der Waals surface area contributed by atoms with Crippen LogP contribution in [0, 0.1) is 13.8 Å². The maximum Gasteiger partial charge on any atom is 0.253 e. The SMILES string of the molecule is COc1ccc(Cn2nnnc2[C@H](c2cc3c(C)ccc(C)c3[nH]c2=O)N2CCN(Cc3ccccc3)CC2)cc1. The van der Waals surface area contributed by atoms with Crippen molar-refractivity contribution in [3.63, 3.8) is 0 Å². The lowest BCUT2D eigenvalue weighted by atomic mass is 9.99. The van der Waals surface area contributed by atoms with Gasteiger partial charge in [0, 0.05) is 43.7 Å². The third kappa shape index (κ3) is 5.64. The smallest absolute Gasteiger partial charge is 0.253 e. The number of ether oxygens (including phenoxy) is 1. The second-order valence-electron chi connectivity index (χ2n) is 10.8. The number of pyridine rings is 1. The van der Waals surface area contributed by atoms with Crippen molar-refractivity contribution in [3.8, 4) is 5.75 Å². The largest absolute Gasteiger partial charge is 0.497 e. The lowest BCUT2D eigenvalue weighted by Crippen LogP contribution is -2.48. The molecule has 0 spiro atoms. The Kier molecular flexibility index (Phi) is 7.63. The molecule has 0 radical (unpaired) electrons. The van der Waals surface area contributed by atoms with Crippen LogP contribution in [0.4, 0.5) is 0 Å². The van der Waals surface area contributed by atoms with Crippen LogP contribution < -0.4 is 10.3 Å². The summed E-state index contributed by atoms with van der Waals surface area (Å²) in [7, 11) is 1.66. The fourth-order valence-corrected chi connectivity index (χ4v) is 5.74. The molecule has 1 saturated heterocycles. The highest BCUT2D eigenvalue weighted by Gasteiger charge is 2.33. The van der Waals surface area contributed by atoms with Gasteiger partial charge in [-0.2, -0.15) is 0 Å². The molecule has 0 aliphatic carbocycles. The van der Waals surface area contributed by atoms with Crippen molar-refractivity contribution >= 4 is 10.9 Å². The molecule has 3 aromatic carbocycles. The molecule has 1 atom stereocenters. The third-order valence-corrected chi connectivity index (χ3v) is 8.08. The zero-order chi connectivity index (χ0) is 28.3. The van der Waals surface area contributed by atoms with Crippen LogP contribution in [0.5, 0.6) is 5.75 Å². The van der Waals surface area contributed by atoms with Crippen molar-refractivity contribution in [2.24, 2.45) is 0 Å². The van der Waals surface area contributed by atoms with Gasteiger partial charge in [-0.3, -0.25) is 14.6 Å². The van der Waals surface area contributed by atoms with E-state index >= 15 is 0 Å². The number of hydrogen-bond acceptors (Lipinski definition) is 7. The molecule has 5 aromatic rings. The molecule has 0 unspecified atom stereocenters. The highest BCUT2D eigenvalue weighted by molar-refractivity contribution is 5.85. The minimum atomic E-state index is -0.393. The van der Waals surface area contributed by atoms with E-state index in [1.165, 1.54) is 5.56 Å². The lowest BCUT2D eigenvalue weighted by Gasteiger charge is -2.38. The Morgan fingerprint density at radius 2 is 1.59 bits per heavy atom. The Labute approximate surface area is 239 Å². The van der Waals surface area contributed by atoms with Gasteiger partial charge in [0.1, 0.15) is 11.8 Å². The van der Waals surface area contributed by atoms with E-state index in [4.69, 9.17) is 4.74 Å². The second kappa shape index (κ2) is 11.6. The van der Waals surface area contributed by atoms with Gasteiger partial charge in [0.15, 0.2) is 5.82 Å². The summed E-state index contributed by atoms with van der Waals surface area (Å²) in [5.74, 6) is 1.46. The van der Waals surface area contributed by atoms with E-state index in [1.807, 2.05) is 54.1 Å². The number of piperazine rings is 1. The maximum atomic E-state index is 13.7. The molecular formula is C32H35N7O2. The van der Waals surface area contributed by atoms with Crippen LogP contribution in [0.3, 0.4) is 0 Å². The summed E-state index contributed by atoms with van der Waals surface area (Å²) in [4.78, 5) is 21.7. The van der Waals surface area contributed by atoms with Crippen LogP contribution >= 0.6 is 0 Å². The quantitative estimate of drug-likeness (QED) is 0.312. The molecule has 1 N–H and O–H groups in total. The number of nitrogens with zero attached hydrogens (tertiary/aromatic N) is 6. The van der Waals surface area contributed by atoms with E-state index < -0.39 is 6.04 Å². The first-order valence-corrected chi connectivity index (χ1v) is 14.0. The molecular weight excluding hydrogens is 514 g/mol. The summed E-state index contributed by atoms with van der Waals surface area (Å²) < 4.78 is 7.13. The minimum Gasteiger partial charge on any atom is -0.497 e. The molecule has 0 amide bonds. The van der Waals surface area contributed by atoms with Gasteiger partial charge < -0.3 is 9.72 Å².